The number of hydrogen-bond acceptors (Lipinski definition) is 6. The maximum absolute atomic E-state index is 12.0. The van der Waals surface area contributed by atoms with Crippen molar-refractivity contribution in [2.75, 3.05) is 13.2 Å². The van der Waals surface area contributed by atoms with E-state index in [4.69, 9.17) is 19.3 Å². The van der Waals surface area contributed by atoms with Gasteiger partial charge in [0.25, 0.3) is 0 Å². The standard InChI is InChI=1S/C25H49O8P/c1-3-5-7-8-9-10-11-12-13-14-15-16-18-19-24(26)31-21-23(22-32-34(28,29)30)33-25(27)20-17-6-4-2/h23H,3-22H2,1-2H3,(H2,28,29,30)/t23-/m0/s1. The molecule has 0 aliphatic rings. The van der Waals surface area contributed by atoms with Crippen LogP contribution in [0.15, 0.2) is 0 Å². The third-order valence-corrected chi connectivity index (χ3v) is 6.11. The van der Waals surface area contributed by atoms with Gasteiger partial charge in [-0.15, -0.1) is 0 Å². The van der Waals surface area contributed by atoms with Crippen LogP contribution in [0, 0.1) is 0 Å². The first-order chi connectivity index (χ1) is 16.3. The summed E-state index contributed by atoms with van der Waals surface area (Å²) in [6, 6.07) is 0. The van der Waals surface area contributed by atoms with E-state index in [1.807, 2.05) is 6.92 Å². The first kappa shape index (κ1) is 33.0. The van der Waals surface area contributed by atoms with Crippen LogP contribution in [0.4, 0.5) is 0 Å². The Kier molecular flexibility index (Phi) is 21.9. The summed E-state index contributed by atoms with van der Waals surface area (Å²) in [5, 5.41) is 0. The van der Waals surface area contributed by atoms with Crippen LogP contribution < -0.4 is 0 Å². The lowest BCUT2D eigenvalue weighted by atomic mass is 10.0. The van der Waals surface area contributed by atoms with Gasteiger partial charge in [-0.25, -0.2) is 4.57 Å². The van der Waals surface area contributed by atoms with Crippen molar-refractivity contribution in [2.45, 2.75) is 136 Å². The molecule has 1 atom stereocenters. The van der Waals surface area contributed by atoms with Crippen LogP contribution in [0.3, 0.4) is 0 Å². The zero-order chi connectivity index (χ0) is 25.5. The number of hydrogen-bond donors (Lipinski definition) is 2. The topological polar surface area (TPSA) is 119 Å². The average Bonchev–Trinajstić information content (AvgIpc) is 2.78. The van der Waals surface area contributed by atoms with Crippen LogP contribution in [0.5, 0.6) is 0 Å². The second-order valence-electron chi connectivity index (χ2n) is 9.03. The van der Waals surface area contributed by atoms with Crippen LogP contribution in [0.25, 0.3) is 0 Å². The van der Waals surface area contributed by atoms with Crippen molar-refractivity contribution in [1.29, 1.82) is 0 Å². The third-order valence-electron chi connectivity index (χ3n) is 5.63. The molecule has 0 saturated heterocycles. The number of unbranched alkanes of at least 4 members (excludes halogenated alkanes) is 14. The molecule has 0 aromatic carbocycles. The predicted octanol–water partition coefficient (Wildman–Crippen LogP) is 6.61. The molecule has 0 saturated carbocycles. The Morgan fingerprint density at radius 3 is 1.56 bits per heavy atom. The van der Waals surface area contributed by atoms with Crippen LogP contribution in [-0.2, 0) is 28.2 Å². The fourth-order valence-corrected chi connectivity index (χ4v) is 3.97. The number of carbonyl (C=O) groups excluding carboxylic acids is 2. The SMILES string of the molecule is CCCCCCCCCCCCCCCC(=O)OC[C@@H](COP(=O)(O)O)OC(=O)CCCCC. The summed E-state index contributed by atoms with van der Waals surface area (Å²) in [5.74, 6) is -0.911. The fraction of sp³-hybridized carbons (Fsp3) is 0.920. The molecular weight excluding hydrogens is 459 g/mol. The minimum atomic E-state index is -4.71. The Morgan fingerprint density at radius 1 is 0.647 bits per heavy atom. The van der Waals surface area contributed by atoms with Gasteiger partial charge in [-0.05, 0) is 12.8 Å². The Balaban J connectivity index is 3.90. The molecule has 0 bridgehead atoms. The molecule has 0 unspecified atom stereocenters. The summed E-state index contributed by atoms with van der Waals surface area (Å²) >= 11 is 0. The summed E-state index contributed by atoms with van der Waals surface area (Å²) in [7, 11) is -4.71. The molecule has 0 spiro atoms. The Labute approximate surface area is 206 Å². The quantitative estimate of drug-likeness (QED) is 0.0849. The summed E-state index contributed by atoms with van der Waals surface area (Å²) < 4.78 is 25.7. The molecule has 8 nitrogen and oxygen atoms in total. The highest BCUT2D eigenvalue weighted by molar-refractivity contribution is 7.46. The van der Waals surface area contributed by atoms with Crippen molar-refractivity contribution >= 4 is 19.8 Å². The molecule has 0 aromatic heterocycles. The number of carbonyl (C=O) groups is 2. The second-order valence-corrected chi connectivity index (χ2v) is 10.3. The van der Waals surface area contributed by atoms with E-state index in [1.165, 1.54) is 64.2 Å². The average molecular weight is 509 g/mol. The molecule has 0 aliphatic heterocycles. The highest BCUT2D eigenvalue weighted by Crippen LogP contribution is 2.35. The lowest BCUT2D eigenvalue weighted by Crippen LogP contribution is -2.29. The molecule has 2 N–H and O–H groups in total. The second kappa shape index (κ2) is 22.5. The zero-order valence-corrected chi connectivity index (χ0v) is 22.4. The van der Waals surface area contributed by atoms with Crippen molar-refractivity contribution < 1.29 is 37.9 Å². The molecule has 0 fully saturated rings. The third kappa shape index (κ3) is 24.2. The van der Waals surface area contributed by atoms with Gasteiger partial charge in [0.15, 0.2) is 6.10 Å². The Bertz CT molecular complexity index is 549. The van der Waals surface area contributed by atoms with E-state index in [1.54, 1.807) is 0 Å². The van der Waals surface area contributed by atoms with Crippen LogP contribution in [-0.4, -0.2) is 41.0 Å². The van der Waals surface area contributed by atoms with Gasteiger partial charge in [0, 0.05) is 12.8 Å². The first-order valence-electron chi connectivity index (χ1n) is 13.3. The minimum absolute atomic E-state index is 0.202. The summed E-state index contributed by atoms with van der Waals surface area (Å²) in [4.78, 5) is 41.6. The lowest BCUT2D eigenvalue weighted by Gasteiger charge is -2.18. The smallest absolute Gasteiger partial charge is 0.462 e. The number of esters is 2. The van der Waals surface area contributed by atoms with E-state index < -0.39 is 32.5 Å². The molecule has 0 heterocycles. The molecular formula is C25H49O8P. The Hall–Kier alpha value is -0.950. The van der Waals surface area contributed by atoms with Gasteiger partial charge < -0.3 is 19.3 Å². The van der Waals surface area contributed by atoms with Crippen molar-refractivity contribution in [3.8, 4) is 0 Å². The van der Waals surface area contributed by atoms with Gasteiger partial charge in [-0.2, -0.15) is 0 Å². The molecule has 0 aliphatic carbocycles. The largest absolute Gasteiger partial charge is 0.469 e. The van der Waals surface area contributed by atoms with E-state index in [0.717, 1.165) is 32.1 Å². The number of phosphoric ester groups is 1. The minimum Gasteiger partial charge on any atom is -0.462 e. The van der Waals surface area contributed by atoms with Gasteiger partial charge in [-0.3, -0.25) is 14.1 Å². The summed E-state index contributed by atoms with van der Waals surface area (Å²) in [6.07, 6.45) is 17.8. The maximum atomic E-state index is 12.0. The van der Waals surface area contributed by atoms with Crippen molar-refractivity contribution in [1.82, 2.24) is 0 Å². The van der Waals surface area contributed by atoms with Crippen LogP contribution in [0.1, 0.15) is 129 Å². The molecule has 202 valence electrons. The monoisotopic (exact) mass is 508 g/mol. The summed E-state index contributed by atoms with van der Waals surface area (Å²) in [6.45, 7) is 3.44. The fourth-order valence-electron chi connectivity index (χ4n) is 3.61. The first-order valence-corrected chi connectivity index (χ1v) is 14.9. The van der Waals surface area contributed by atoms with Gasteiger partial charge >= 0.3 is 19.8 Å². The van der Waals surface area contributed by atoms with Crippen molar-refractivity contribution in [3.63, 3.8) is 0 Å². The molecule has 9 heteroatoms. The molecule has 0 amide bonds. The van der Waals surface area contributed by atoms with Gasteiger partial charge in [0.2, 0.25) is 0 Å². The molecule has 0 aromatic rings. The maximum Gasteiger partial charge on any atom is 0.469 e. The van der Waals surface area contributed by atoms with Gasteiger partial charge in [-0.1, -0.05) is 104 Å². The number of rotatable bonds is 24. The Morgan fingerprint density at radius 2 is 1.06 bits per heavy atom. The number of ether oxygens (including phenoxy) is 2. The lowest BCUT2D eigenvalue weighted by molar-refractivity contribution is -0.161. The van der Waals surface area contributed by atoms with Gasteiger partial charge in [0.1, 0.15) is 6.61 Å². The normalized spacial score (nSPS) is 12.5. The molecule has 0 rings (SSSR count). The van der Waals surface area contributed by atoms with E-state index in [2.05, 4.69) is 11.4 Å². The number of phosphoric acid groups is 1. The predicted molar refractivity (Wildman–Crippen MR) is 133 cm³/mol. The highest BCUT2D eigenvalue weighted by Gasteiger charge is 2.22. The van der Waals surface area contributed by atoms with Crippen LogP contribution in [0.2, 0.25) is 0 Å². The van der Waals surface area contributed by atoms with E-state index in [0.29, 0.717) is 6.42 Å². The van der Waals surface area contributed by atoms with E-state index in [9.17, 15) is 14.2 Å². The summed E-state index contributed by atoms with van der Waals surface area (Å²) in [5.41, 5.74) is 0. The van der Waals surface area contributed by atoms with E-state index in [-0.39, 0.29) is 19.4 Å². The van der Waals surface area contributed by atoms with Crippen molar-refractivity contribution in [3.05, 3.63) is 0 Å². The van der Waals surface area contributed by atoms with E-state index >= 15 is 0 Å². The highest BCUT2D eigenvalue weighted by atomic mass is 31.2. The molecule has 0 radical (unpaired) electrons. The molecule has 34 heavy (non-hydrogen) atoms. The zero-order valence-electron chi connectivity index (χ0n) is 21.5. The van der Waals surface area contributed by atoms with Crippen LogP contribution >= 0.6 is 7.82 Å². The van der Waals surface area contributed by atoms with Gasteiger partial charge in [0.05, 0.1) is 6.61 Å². The van der Waals surface area contributed by atoms with Crippen molar-refractivity contribution in [2.24, 2.45) is 0 Å².